The zero-order valence-electron chi connectivity index (χ0n) is 20.6. The first kappa shape index (κ1) is 24.5. The summed E-state index contributed by atoms with van der Waals surface area (Å²) in [5, 5.41) is 12.8. The zero-order valence-corrected chi connectivity index (χ0v) is 21.4. The molecule has 0 aliphatic carbocycles. The van der Waals surface area contributed by atoms with Gasteiger partial charge in [-0.15, -0.1) is 10.2 Å². The van der Waals surface area contributed by atoms with Crippen LogP contribution < -0.4 is 5.32 Å². The highest BCUT2D eigenvalue weighted by atomic mass is 32.2. The van der Waals surface area contributed by atoms with Gasteiger partial charge in [0.05, 0.1) is 5.75 Å². The second kappa shape index (κ2) is 10.7. The summed E-state index contributed by atoms with van der Waals surface area (Å²) in [6.45, 7) is 12.3. The van der Waals surface area contributed by atoms with Gasteiger partial charge in [0, 0.05) is 37.8 Å². The summed E-state index contributed by atoms with van der Waals surface area (Å²) in [5.74, 6) is 1.24. The van der Waals surface area contributed by atoms with Crippen molar-refractivity contribution in [2.24, 2.45) is 0 Å². The van der Waals surface area contributed by atoms with Crippen LogP contribution in [0.4, 0.5) is 0 Å². The van der Waals surface area contributed by atoms with Gasteiger partial charge in [-0.3, -0.25) is 9.69 Å². The van der Waals surface area contributed by atoms with E-state index in [2.05, 4.69) is 101 Å². The van der Waals surface area contributed by atoms with Crippen LogP contribution in [0.5, 0.6) is 0 Å². The molecule has 1 fully saturated rings. The van der Waals surface area contributed by atoms with Crippen molar-refractivity contribution in [2.45, 2.75) is 63.8 Å². The van der Waals surface area contributed by atoms with Crippen molar-refractivity contribution < 1.29 is 4.79 Å². The number of nitrogens with one attached hydrogen (secondary N) is 1. The van der Waals surface area contributed by atoms with E-state index in [9.17, 15) is 4.79 Å². The van der Waals surface area contributed by atoms with Crippen LogP contribution in [0.3, 0.4) is 0 Å². The summed E-state index contributed by atoms with van der Waals surface area (Å²) in [5.41, 5.74) is 3.76. The molecule has 180 valence electrons. The quantitative estimate of drug-likeness (QED) is 0.475. The Hall–Kier alpha value is -2.64. The second-order valence-corrected chi connectivity index (χ2v) is 10.9. The molecule has 1 unspecified atom stereocenters. The number of carbonyl (C=O) groups is 1. The first-order valence-electron chi connectivity index (χ1n) is 12.1. The van der Waals surface area contributed by atoms with Crippen LogP contribution in [0.1, 0.15) is 45.2 Å². The predicted molar refractivity (Wildman–Crippen MR) is 139 cm³/mol. The maximum absolute atomic E-state index is 12.6. The topological polar surface area (TPSA) is 63.1 Å². The van der Waals surface area contributed by atoms with Crippen LogP contribution in [-0.2, 0) is 23.3 Å². The van der Waals surface area contributed by atoms with Gasteiger partial charge in [-0.2, -0.15) is 0 Å². The minimum Gasteiger partial charge on any atom is -0.351 e. The maximum Gasteiger partial charge on any atom is 0.230 e. The van der Waals surface area contributed by atoms with Crippen molar-refractivity contribution in [3.8, 4) is 11.4 Å². The molecule has 1 aromatic heterocycles. The number of aromatic nitrogens is 3. The molecule has 1 aliphatic rings. The van der Waals surface area contributed by atoms with Crippen LogP contribution in [0, 0.1) is 0 Å². The molecule has 34 heavy (non-hydrogen) atoms. The lowest BCUT2D eigenvalue weighted by Crippen LogP contribution is -2.38. The molecule has 2 aromatic carbocycles. The molecule has 0 radical (unpaired) electrons. The van der Waals surface area contributed by atoms with E-state index in [1.165, 1.54) is 22.9 Å². The number of rotatable bonds is 8. The Morgan fingerprint density at radius 2 is 1.82 bits per heavy atom. The molecule has 0 spiro atoms. The Morgan fingerprint density at radius 3 is 2.50 bits per heavy atom. The van der Waals surface area contributed by atoms with Crippen LogP contribution in [0.25, 0.3) is 11.4 Å². The Morgan fingerprint density at radius 1 is 1.09 bits per heavy atom. The highest BCUT2D eigenvalue weighted by molar-refractivity contribution is 7.99. The number of hydrogen-bond acceptors (Lipinski definition) is 5. The molecule has 1 N–H and O–H groups in total. The monoisotopic (exact) mass is 477 g/mol. The predicted octanol–water partition coefficient (Wildman–Crippen LogP) is 4.75. The maximum atomic E-state index is 12.6. The second-order valence-electron chi connectivity index (χ2n) is 9.94. The summed E-state index contributed by atoms with van der Waals surface area (Å²) >= 11 is 1.45. The number of amides is 1. The van der Waals surface area contributed by atoms with Gasteiger partial charge in [0.1, 0.15) is 0 Å². The average Bonchev–Trinajstić information content (AvgIpc) is 3.44. The van der Waals surface area contributed by atoms with Crippen molar-refractivity contribution in [3.05, 3.63) is 65.7 Å². The Kier molecular flexibility index (Phi) is 7.73. The van der Waals surface area contributed by atoms with Gasteiger partial charge in [0.25, 0.3) is 0 Å². The van der Waals surface area contributed by atoms with E-state index in [0.717, 1.165) is 49.1 Å². The molecule has 1 saturated heterocycles. The van der Waals surface area contributed by atoms with Crippen molar-refractivity contribution >= 4 is 17.7 Å². The molecule has 4 rings (SSSR count). The van der Waals surface area contributed by atoms with Gasteiger partial charge in [-0.1, -0.05) is 87.1 Å². The fourth-order valence-electron chi connectivity index (χ4n) is 4.35. The van der Waals surface area contributed by atoms with Gasteiger partial charge in [-0.25, -0.2) is 0 Å². The van der Waals surface area contributed by atoms with Crippen LogP contribution in [-0.4, -0.2) is 50.5 Å². The van der Waals surface area contributed by atoms with Gasteiger partial charge in [-0.05, 0) is 29.9 Å². The van der Waals surface area contributed by atoms with Crippen LogP contribution in [0.15, 0.2) is 59.8 Å². The molecule has 7 heteroatoms. The molecule has 1 aliphatic heterocycles. The number of carbonyl (C=O) groups excluding carboxylic acids is 1. The Labute approximate surface area is 207 Å². The summed E-state index contributed by atoms with van der Waals surface area (Å²) in [6, 6.07) is 19.2. The van der Waals surface area contributed by atoms with Crippen molar-refractivity contribution in [2.75, 3.05) is 18.8 Å². The molecule has 6 nitrogen and oxygen atoms in total. The molecular formula is C27H35N5OS. The molecular weight excluding hydrogens is 442 g/mol. The average molecular weight is 478 g/mol. The third kappa shape index (κ3) is 6.07. The smallest absolute Gasteiger partial charge is 0.230 e. The van der Waals surface area contributed by atoms with E-state index in [1.807, 2.05) is 6.07 Å². The number of hydrogen-bond donors (Lipinski definition) is 1. The first-order valence-corrected chi connectivity index (χ1v) is 13.0. The molecule has 0 bridgehead atoms. The first-order chi connectivity index (χ1) is 16.3. The molecule has 1 atom stereocenters. The molecule has 3 aromatic rings. The van der Waals surface area contributed by atoms with E-state index in [0.29, 0.717) is 5.75 Å². The van der Waals surface area contributed by atoms with Gasteiger partial charge in [0.2, 0.25) is 5.91 Å². The number of nitrogens with zero attached hydrogens (tertiary/aromatic N) is 4. The third-order valence-corrected chi connectivity index (χ3v) is 7.23. The zero-order chi connectivity index (χ0) is 24.1. The summed E-state index contributed by atoms with van der Waals surface area (Å²) < 4.78 is 2.08. The van der Waals surface area contributed by atoms with Crippen molar-refractivity contribution in [1.29, 1.82) is 0 Å². The van der Waals surface area contributed by atoms with E-state index in [-0.39, 0.29) is 17.4 Å². The number of likely N-dealkylation sites (tertiary alicyclic amines) is 1. The summed E-state index contributed by atoms with van der Waals surface area (Å²) in [4.78, 5) is 15.0. The normalized spacial score (nSPS) is 16.6. The minimum absolute atomic E-state index is 0.0540. The minimum atomic E-state index is 0.0540. The fourth-order valence-corrected chi connectivity index (χ4v) is 5.16. The largest absolute Gasteiger partial charge is 0.351 e. The van der Waals surface area contributed by atoms with Gasteiger partial charge >= 0.3 is 0 Å². The summed E-state index contributed by atoms with van der Waals surface area (Å²) in [7, 11) is 0. The van der Waals surface area contributed by atoms with Crippen molar-refractivity contribution in [1.82, 2.24) is 25.0 Å². The SMILES string of the molecule is CCn1c(SCC(=O)NC2CCN(Cc3ccccc3)C2)nnc1-c1ccc(C(C)(C)C)cc1. The standard InChI is InChI=1S/C27H35N5OS/c1-5-32-25(21-11-13-22(14-12-21)27(2,3)4)29-30-26(32)34-19-24(33)28-23-15-16-31(18-23)17-20-9-7-6-8-10-20/h6-14,23H,5,15-19H2,1-4H3,(H,28,33). The Balaban J connectivity index is 1.31. The van der Waals surface area contributed by atoms with E-state index >= 15 is 0 Å². The highest BCUT2D eigenvalue weighted by Crippen LogP contribution is 2.27. The fraction of sp³-hybridized carbons (Fsp3) is 0.444. The van der Waals surface area contributed by atoms with Crippen molar-refractivity contribution in [3.63, 3.8) is 0 Å². The van der Waals surface area contributed by atoms with Gasteiger partial charge < -0.3 is 9.88 Å². The van der Waals surface area contributed by atoms with E-state index in [4.69, 9.17) is 0 Å². The summed E-state index contributed by atoms with van der Waals surface area (Å²) in [6.07, 6.45) is 0.989. The lowest BCUT2D eigenvalue weighted by molar-refractivity contribution is -0.119. The van der Waals surface area contributed by atoms with E-state index in [1.54, 1.807) is 0 Å². The lowest BCUT2D eigenvalue weighted by atomic mass is 9.87. The molecule has 1 amide bonds. The van der Waals surface area contributed by atoms with Crippen LogP contribution in [0.2, 0.25) is 0 Å². The molecule has 2 heterocycles. The lowest BCUT2D eigenvalue weighted by Gasteiger charge is -2.19. The van der Waals surface area contributed by atoms with E-state index < -0.39 is 0 Å². The number of thioether (sulfide) groups is 1. The van der Waals surface area contributed by atoms with Crippen LogP contribution >= 0.6 is 11.8 Å². The van der Waals surface area contributed by atoms with Gasteiger partial charge in [0.15, 0.2) is 11.0 Å². The molecule has 0 saturated carbocycles. The Bertz CT molecular complexity index is 1090. The third-order valence-electron chi connectivity index (χ3n) is 6.26. The highest BCUT2D eigenvalue weighted by Gasteiger charge is 2.24. The number of benzene rings is 2.